The van der Waals surface area contributed by atoms with Crippen LogP contribution < -0.4 is 15.5 Å². The number of nitrogens with one attached hydrogen (secondary N) is 2. The van der Waals surface area contributed by atoms with Gasteiger partial charge in [0.15, 0.2) is 5.13 Å². The van der Waals surface area contributed by atoms with Crippen molar-refractivity contribution in [3.63, 3.8) is 0 Å². The maximum Gasteiger partial charge on any atom is 0.262 e. The van der Waals surface area contributed by atoms with E-state index in [1.165, 1.54) is 23.9 Å². The van der Waals surface area contributed by atoms with Crippen molar-refractivity contribution in [1.82, 2.24) is 25.2 Å². The van der Waals surface area contributed by atoms with Gasteiger partial charge in [0.25, 0.3) is 5.00 Å². The quantitative estimate of drug-likeness (QED) is 0.733. The minimum absolute atomic E-state index is 0.0641. The van der Waals surface area contributed by atoms with E-state index in [2.05, 4.69) is 40.2 Å². The minimum atomic E-state index is 0.0641. The summed E-state index contributed by atoms with van der Waals surface area (Å²) in [5.41, 5.74) is 0. The first kappa shape index (κ1) is 19.0. The molecule has 0 aliphatic carbocycles. The highest BCUT2D eigenvalue weighted by Crippen LogP contribution is 2.28. The Balaban J connectivity index is 1.55. The van der Waals surface area contributed by atoms with E-state index in [-0.39, 0.29) is 11.9 Å². The average molecular weight is 386 g/mol. The molecule has 2 aromatic heterocycles. The molecule has 0 unspecified atom stereocenters. The highest BCUT2D eigenvalue weighted by Gasteiger charge is 2.20. The highest BCUT2D eigenvalue weighted by atomic mass is 32.1. The maximum atomic E-state index is 11.9. The van der Waals surface area contributed by atoms with E-state index in [9.17, 15) is 4.79 Å². The molecule has 9 nitrogen and oxygen atoms in total. The second-order valence-corrected chi connectivity index (χ2v) is 7.50. The van der Waals surface area contributed by atoms with Gasteiger partial charge in [-0.3, -0.25) is 9.69 Å². The van der Waals surface area contributed by atoms with Gasteiger partial charge in [-0.15, -0.1) is 11.3 Å². The number of thiazole rings is 1. The van der Waals surface area contributed by atoms with Gasteiger partial charge in [-0.2, -0.15) is 0 Å². The summed E-state index contributed by atoms with van der Waals surface area (Å²) in [4.78, 5) is 32.3. The summed E-state index contributed by atoms with van der Waals surface area (Å²) in [5, 5.41) is 7.20. The molecule has 0 atom stereocenters. The van der Waals surface area contributed by atoms with Crippen LogP contribution in [-0.2, 0) is 4.79 Å². The number of amides is 1. The average Bonchev–Trinajstić information content (AvgIpc) is 3.09. The van der Waals surface area contributed by atoms with Crippen molar-refractivity contribution in [3.8, 4) is 0 Å². The third-order valence-corrected chi connectivity index (χ3v) is 4.81. The Kier molecular flexibility index (Phi) is 6.16. The molecular formula is C17H22N8OS. The molecule has 0 radical (unpaired) electrons. The van der Waals surface area contributed by atoms with E-state index in [0.29, 0.717) is 22.5 Å². The Labute approximate surface area is 162 Å². The van der Waals surface area contributed by atoms with Gasteiger partial charge in [0.05, 0.1) is 13.1 Å². The summed E-state index contributed by atoms with van der Waals surface area (Å²) in [6.45, 7) is 14.6. The predicted octanol–water partition coefficient (Wildman–Crippen LogP) is 1.87. The predicted molar refractivity (Wildman–Crippen MR) is 106 cm³/mol. The topological polar surface area (TPSA) is 90.6 Å². The van der Waals surface area contributed by atoms with Crippen LogP contribution in [0.2, 0.25) is 0 Å². The van der Waals surface area contributed by atoms with Crippen molar-refractivity contribution < 1.29 is 4.79 Å². The fourth-order valence-electron chi connectivity index (χ4n) is 2.78. The Morgan fingerprint density at radius 2 is 2.07 bits per heavy atom. The van der Waals surface area contributed by atoms with Crippen LogP contribution >= 0.6 is 11.3 Å². The Bertz CT molecular complexity index is 822. The number of nitrogens with zero attached hydrogens (tertiary/aromatic N) is 6. The standard InChI is InChI=1S/C17H22N8OS/c1-12(2)22-15(26)10-24-4-6-25(7-5-24)14-8-13(20-11-21-14)23-17-19-9-16(18-3)27-17/h8-9,11-12H,4-7,10H2,1-2H3,(H,22,26)(H,19,20,21,23). The van der Waals surface area contributed by atoms with Crippen LogP contribution in [0.3, 0.4) is 0 Å². The lowest BCUT2D eigenvalue weighted by molar-refractivity contribution is -0.122. The van der Waals surface area contributed by atoms with Gasteiger partial charge < -0.3 is 15.5 Å². The number of rotatable bonds is 6. The first-order valence-electron chi connectivity index (χ1n) is 8.72. The van der Waals surface area contributed by atoms with Crippen molar-refractivity contribution in [2.75, 3.05) is 42.9 Å². The highest BCUT2D eigenvalue weighted by molar-refractivity contribution is 7.19. The van der Waals surface area contributed by atoms with Crippen LogP contribution in [0.25, 0.3) is 4.85 Å². The molecule has 0 bridgehead atoms. The number of aromatic nitrogens is 3. The third-order valence-electron chi connectivity index (χ3n) is 4.00. The molecule has 1 fully saturated rings. The van der Waals surface area contributed by atoms with E-state index in [1.54, 1.807) is 0 Å². The van der Waals surface area contributed by atoms with Crippen molar-refractivity contribution >= 4 is 39.0 Å². The lowest BCUT2D eigenvalue weighted by Gasteiger charge is -2.35. The first-order valence-corrected chi connectivity index (χ1v) is 9.54. The van der Waals surface area contributed by atoms with Crippen molar-refractivity contribution in [1.29, 1.82) is 0 Å². The van der Waals surface area contributed by atoms with Crippen LogP contribution in [0.5, 0.6) is 0 Å². The molecule has 1 aliphatic rings. The molecule has 1 amide bonds. The summed E-state index contributed by atoms with van der Waals surface area (Å²) < 4.78 is 0. The zero-order valence-electron chi connectivity index (χ0n) is 15.3. The van der Waals surface area contributed by atoms with Crippen LogP contribution in [0.15, 0.2) is 18.6 Å². The molecule has 2 N–H and O–H groups in total. The number of hydrogen-bond acceptors (Lipinski definition) is 8. The van der Waals surface area contributed by atoms with Gasteiger partial charge >= 0.3 is 0 Å². The molecule has 3 heterocycles. The number of piperazine rings is 1. The van der Waals surface area contributed by atoms with Gasteiger partial charge in [0, 0.05) is 44.5 Å². The van der Waals surface area contributed by atoms with Crippen molar-refractivity contribution in [2.24, 2.45) is 0 Å². The van der Waals surface area contributed by atoms with E-state index in [1.807, 2.05) is 19.9 Å². The van der Waals surface area contributed by atoms with Crippen LogP contribution in [0.1, 0.15) is 13.8 Å². The Hall–Kier alpha value is -2.77. The molecule has 27 heavy (non-hydrogen) atoms. The summed E-state index contributed by atoms with van der Waals surface area (Å²) in [6.07, 6.45) is 3.06. The smallest absolute Gasteiger partial charge is 0.262 e. The van der Waals surface area contributed by atoms with E-state index < -0.39 is 0 Å². The largest absolute Gasteiger partial charge is 0.354 e. The van der Waals surface area contributed by atoms with Gasteiger partial charge in [-0.05, 0) is 13.8 Å². The summed E-state index contributed by atoms with van der Waals surface area (Å²) >= 11 is 1.28. The molecule has 3 rings (SSSR count). The molecule has 10 heteroatoms. The van der Waals surface area contributed by atoms with E-state index in [0.717, 1.165) is 32.0 Å². The van der Waals surface area contributed by atoms with Crippen molar-refractivity contribution in [3.05, 3.63) is 30.0 Å². The molecule has 1 aliphatic heterocycles. The van der Waals surface area contributed by atoms with Gasteiger partial charge in [0.1, 0.15) is 18.0 Å². The summed E-state index contributed by atoms with van der Waals surface area (Å²) in [6, 6.07) is 2.04. The molecule has 1 saturated heterocycles. The summed E-state index contributed by atoms with van der Waals surface area (Å²) in [5.74, 6) is 1.54. The number of carbonyl (C=O) groups excluding carboxylic acids is 1. The fourth-order valence-corrected chi connectivity index (χ4v) is 3.39. The summed E-state index contributed by atoms with van der Waals surface area (Å²) in [7, 11) is 0. The minimum Gasteiger partial charge on any atom is -0.354 e. The lowest BCUT2D eigenvalue weighted by atomic mass is 10.3. The first-order chi connectivity index (χ1) is 13.0. The zero-order valence-corrected chi connectivity index (χ0v) is 16.2. The second-order valence-electron chi connectivity index (χ2n) is 6.49. The molecule has 0 saturated carbocycles. The van der Waals surface area contributed by atoms with Crippen molar-refractivity contribution in [2.45, 2.75) is 19.9 Å². The molecule has 2 aromatic rings. The second kappa shape index (κ2) is 8.75. The SMILES string of the molecule is [C-]#[N+]c1cnc(Nc2cc(N3CCN(CC(=O)NC(C)C)CC3)ncn2)s1. The van der Waals surface area contributed by atoms with Crippen LogP contribution in [0.4, 0.5) is 21.8 Å². The third kappa shape index (κ3) is 5.35. The molecule has 142 valence electrons. The van der Waals surface area contributed by atoms with Gasteiger partial charge in [-0.1, -0.05) is 0 Å². The number of carbonyl (C=O) groups is 1. The number of anilines is 3. The molecule has 0 spiro atoms. The fraction of sp³-hybridized carbons (Fsp3) is 0.471. The Morgan fingerprint density at radius 3 is 2.74 bits per heavy atom. The number of hydrogen-bond donors (Lipinski definition) is 2. The van der Waals surface area contributed by atoms with Gasteiger partial charge in [-0.25, -0.2) is 19.8 Å². The Morgan fingerprint density at radius 1 is 1.30 bits per heavy atom. The zero-order chi connectivity index (χ0) is 19.2. The van der Waals surface area contributed by atoms with Crippen LogP contribution in [-0.4, -0.2) is 64.5 Å². The van der Waals surface area contributed by atoms with Crippen LogP contribution in [0, 0.1) is 6.57 Å². The van der Waals surface area contributed by atoms with E-state index >= 15 is 0 Å². The van der Waals surface area contributed by atoms with Gasteiger partial charge in [0.2, 0.25) is 5.91 Å². The van der Waals surface area contributed by atoms with E-state index in [4.69, 9.17) is 6.57 Å². The normalized spacial score (nSPS) is 14.8. The monoisotopic (exact) mass is 386 g/mol. The maximum absolute atomic E-state index is 11.9. The molecule has 0 aromatic carbocycles. The molecular weight excluding hydrogens is 364 g/mol. The lowest BCUT2D eigenvalue weighted by Crippen LogP contribution is -2.50.